The molecule has 5 heteroatoms. The molecule has 20 heavy (non-hydrogen) atoms. The molecule has 0 aromatic carbocycles. The van der Waals surface area contributed by atoms with Crippen LogP contribution >= 0.6 is 0 Å². The molecular weight excluding hydrogens is 252 g/mol. The van der Waals surface area contributed by atoms with E-state index < -0.39 is 0 Å². The molecule has 0 aliphatic carbocycles. The molecular formula is C15H24N4O. The molecule has 0 bridgehead atoms. The van der Waals surface area contributed by atoms with E-state index in [2.05, 4.69) is 21.1 Å². The third-order valence-electron chi connectivity index (χ3n) is 5.25. The molecule has 0 N–H and O–H groups in total. The van der Waals surface area contributed by atoms with Crippen LogP contribution in [0.1, 0.15) is 24.8 Å². The fourth-order valence-corrected chi connectivity index (χ4v) is 4.33. The fourth-order valence-electron chi connectivity index (χ4n) is 4.33. The van der Waals surface area contributed by atoms with E-state index in [1.807, 2.05) is 17.9 Å². The predicted molar refractivity (Wildman–Crippen MR) is 76.4 cm³/mol. The summed E-state index contributed by atoms with van der Waals surface area (Å²) in [5, 5.41) is 4.29. The lowest BCUT2D eigenvalue weighted by molar-refractivity contribution is 0.131. The van der Waals surface area contributed by atoms with Crippen molar-refractivity contribution in [1.29, 1.82) is 0 Å². The van der Waals surface area contributed by atoms with Gasteiger partial charge in [0.2, 0.25) is 0 Å². The normalized spacial score (nSPS) is 35.0. The first-order valence-corrected chi connectivity index (χ1v) is 7.86. The molecule has 3 fully saturated rings. The third kappa shape index (κ3) is 2.18. The number of aromatic nitrogens is 2. The first-order chi connectivity index (χ1) is 9.81. The Morgan fingerprint density at radius 1 is 1.25 bits per heavy atom. The summed E-state index contributed by atoms with van der Waals surface area (Å²) in [5.74, 6) is 0. The minimum Gasteiger partial charge on any atom is -0.380 e. The first kappa shape index (κ1) is 12.8. The average molecular weight is 276 g/mol. The van der Waals surface area contributed by atoms with E-state index in [0.717, 1.165) is 31.8 Å². The van der Waals surface area contributed by atoms with E-state index in [-0.39, 0.29) is 0 Å². The highest BCUT2D eigenvalue weighted by atomic mass is 16.5. The molecule has 0 radical (unpaired) electrons. The van der Waals surface area contributed by atoms with Crippen molar-refractivity contribution in [2.45, 2.75) is 43.9 Å². The van der Waals surface area contributed by atoms with Crippen molar-refractivity contribution in [3.05, 3.63) is 18.0 Å². The molecule has 0 spiro atoms. The Labute approximate surface area is 120 Å². The molecule has 5 nitrogen and oxygen atoms in total. The number of ether oxygens (including phenoxy) is 1. The Kier molecular flexibility index (Phi) is 3.28. The van der Waals surface area contributed by atoms with Crippen LogP contribution in [0.25, 0.3) is 0 Å². The van der Waals surface area contributed by atoms with Crippen LogP contribution in [-0.4, -0.2) is 64.0 Å². The summed E-state index contributed by atoms with van der Waals surface area (Å²) < 4.78 is 7.48. The lowest BCUT2D eigenvalue weighted by Gasteiger charge is -2.29. The zero-order valence-corrected chi connectivity index (χ0v) is 12.2. The largest absolute Gasteiger partial charge is 0.380 e. The van der Waals surface area contributed by atoms with Crippen LogP contribution in [0.2, 0.25) is 0 Å². The molecule has 3 aliphatic heterocycles. The minimum absolute atomic E-state index is 0.684. The number of hydrogen-bond donors (Lipinski definition) is 0. The minimum atomic E-state index is 0.684. The molecule has 3 aliphatic rings. The Hall–Kier alpha value is -0.910. The van der Waals surface area contributed by atoms with Gasteiger partial charge in [0.05, 0.1) is 12.8 Å². The van der Waals surface area contributed by atoms with Crippen LogP contribution in [0.15, 0.2) is 12.4 Å². The van der Waals surface area contributed by atoms with Crippen molar-refractivity contribution in [1.82, 2.24) is 19.6 Å². The smallest absolute Gasteiger partial charge is 0.0622 e. The summed E-state index contributed by atoms with van der Waals surface area (Å²) in [6, 6.07) is 2.19. The van der Waals surface area contributed by atoms with Crippen LogP contribution in [0.5, 0.6) is 0 Å². The summed E-state index contributed by atoms with van der Waals surface area (Å²) >= 11 is 0. The maximum absolute atomic E-state index is 5.58. The zero-order chi connectivity index (χ0) is 13.5. The highest BCUT2D eigenvalue weighted by Gasteiger charge is 2.45. The van der Waals surface area contributed by atoms with Crippen LogP contribution in [0, 0.1) is 0 Å². The van der Waals surface area contributed by atoms with E-state index in [1.54, 1.807) is 0 Å². The number of rotatable bonds is 3. The van der Waals surface area contributed by atoms with E-state index in [9.17, 15) is 0 Å². The van der Waals surface area contributed by atoms with Crippen molar-refractivity contribution < 1.29 is 4.74 Å². The molecule has 1 aromatic rings. The molecule has 0 amide bonds. The van der Waals surface area contributed by atoms with Crippen molar-refractivity contribution in [3.8, 4) is 0 Å². The van der Waals surface area contributed by atoms with Crippen molar-refractivity contribution in [3.63, 3.8) is 0 Å². The molecule has 3 atom stereocenters. The van der Waals surface area contributed by atoms with E-state index in [4.69, 9.17) is 4.74 Å². The maximum atomic E-state index is 5.58. The number of fused-ring (bicyclic) bond motifs is 1. The van der Waals surface area contributed by atoms with Gasteiger partial charge in [0.25, 0.3) is 0 Å². The second-order valence-corrected chi connectivity index (χ2v) is 6.46. The Morgan fingerprint density at radius 3 is 2.90 bits per heavy atom. The summed E-state index contributed by atoms with van der Waals surface area (Å²) in [5.41, 5.74) is 1.34. The molecule has 0 unspecified atom stereocenters. The summed E-state index contributed by atoms with van der Waals surface area (Å²) in [7, 11) is 1.99. The van der Waals surface area contributed by atoms with Gasteiger partial charge in [-0.3, -0.25) is 14.5 Å². The summed E-state index contributed by atoms with van der Waals surface area (Å²) in [6.07, 6.45) is 8.02. The Bertz CT molecular complexity index is 468. The monoisotopic (exact) mass is 276 g/mol. The second-order valence-electron chi connectivity index (χ2n) is 6.46. The van der Waals surface area contributed by atoms with Crippen molar-refractivity contribution in [2.24, 2.45) is 7.05 Å². The first-order valence-electron chi connectivity index (χ1n) is 7.86. The molecule has 4 heterocycles. The average Bonchev–Trinajstić information content (AvgIpc) is 3.16. The van der Waals surface area contributed by atoms with Crippen molar-refractivity contribution >= 4 is 0 Å². The van der Waals surface area contributed by atoms with Gasteiger partial charge in [0, 0.05) is 63.2 Å². The molecule has 1 aromatic heterocycles. The van der Waals surface area contributed by atoms with Crippen LogP contribution in [-0.2, 0) is 18.3 Å². The van der Waals surface area contributed by atoms with Gasteiger partial charge in [-0.2, -0.15) is 5.10 Å². The topological polar surface area (TPSA) is 33.5 Å². The fraction of sp³-hybridized carbons (Fsp3) is 0.800. The predicted octanol–water partition coefficient (Wildman–Crippen LogP) is 0.858. The SMILES string of the molecule is Cn1cc(CN2CC[C@@H]3[C@@H]2CCN3[C@H]2CCOC2)cn1. The third-order valence-corrected chi connectivity index (χ3v) is 5.25. The van der Waals surface area contributed by atoms with E-state index in [0.29, 0.717) is 6.04 Å². The number of likely N-dealkylation sites (tertiary alicyclic amines) is 2. The maximum Gasteiger partial charge on any atom is 0.0622 e. The van der Waals surface area contributed by atoms with Gasteiger partial charge in [-0.15, -0.1) is 0 Å². The van der Waals surface area contributed by atoms with Gasteiger partial charge in [-0.25, -0.2) is 0 Å². The molecule has 0 saturated carbocycles. The van der Waals surface area contributed by atoms with Gasteiger partial charge in [-0.1, -0.05) is 0 Å². The van der Waals surface area contributed by atoms with E-state index in [1.165, 1.54) is 37.9 Å². The number of hydrogen-bond acceptors (Lipinski definition) is 4. The zero-order valence-electron chi connectivity index (χ0n) is 12.2. The molecule has 3 saturated heterocycles. The second kappa shape index (κ2) is 5.13. The lowest BCUT2D eigenvalue weighted by Crippen LogP contribution is -2.42. The lowest BCUT2D eigenvalue weighted by atomic mass is 10.1. The standard InChI is InChI=1S/C15H24N4O/c1-17-9-12(8-16-17)10-18-5-2-15-14(18)3-6-19(15)13-4-7-20-11-13/h8-9,13-15H,2-7,10-11H2,1H3/t13-,14-,15+/m0/s1. The van der Waals surface area contributed by atoms with Crippen LogP contribution < -0.4 is 0 Å². The summed E-state index contributed by atoms with van der Waals surface area (Å²) in [4.78, 5) is 5.40. The highest BCUT2D eigenvalue weighted by Crippen LogP contribution is 2.35. The quantitative estimate of drug-likeness (QED) is 0.820. The molecule has 110 valence electrons. The van der Waals surface area contributed by atoms with Gasteiger partial charge < -0.3 is 4.74 Å². The van der Waals surface area contributed by atoms with Gasteiger partial charge in [0.15, 0.2) is 0 Å². The number of nitrogens with zero attached hydrogens (tertiary/aromatic N) is 4. The van der Waals surface area contributed by atoms with E-state index >= 15 is 0 Å². The van der Waals surface area contributed by atoms with Gasteiger partial charge in [0.1, 0.15) is 0 Å². The molecule has 4 rings (SSSR count). The van der Waals surface area contributed by atoms with Crippen molar-refractivity contribution in [2.75, 3.05) is 26.3 Å². The van der Waals surface area contributed by atoms with Gasteiger partial charge >= 0.3 is 0 Å². The summed E-state index contributed by atoms with van der Waals surface area (Å²) in [6.45, 7) is 5.45. The van der Waals surface area contributed by atoms with Crippen LogP contribution in [0.3, 0.4) is 0 Å². The Balaban J connectivity index is 1.42. The van der Waals surface area contributed by atoms with Gasteiger partial charge in [-0.05, 0) is 19.3 Å². The number of aryl methyl sites for hydroxylation is 1. The van der Waals surface area contributed by atoms with Crippen LogP contribution in [0.4, 0.5) is 0 Å². The Morgan fingerprint density at radius 2 is 2.15 bits per heavy atom. The highest BCUT2D eigenvalue weighted by molar-refractivity contribution is 5.08.